The number of nitrogens with zero attached hydrogens (tertiary/aromatic N) is 1. The van der Waals surface area contributed by atoms with Gasteiger partial charge >= 0.3 is 0 Å². The first-order valence-electron chi connectivity index (χ1n) is 3.57. The van der Waals surface area contributed by atoms with Crippen molar-refractivity contribution in [3.8, 4) is 0 Å². The summed E-state index contributed by atoms with van der Waals surface area (Å²) in [6, 6.07) is 3.72. The molecule has 3 heteroatoms. The maximum atomic E-state index is 5.83. The van der Waals surface area contributed by atoms with Gasteiger partial charge in [-0.25, -0.2) is 0 Å². The van der Waals surface area contributed by atoms with Gasteiger partial charge in [-0.05, 0) is 6.07 Å². The van der Waals surface area contributed by atoms with E-state index in [0.29, 0.717) is 0 Å². The maximum Gasteiger partial charge on any atom is 0.147 e. The lowest BCUT2D eigenvalue weighted by atomic mass is 9.98. The maximum absolute atomic E-state index is 5.83. The molecule has 1 aliphatic rings. The molecule has 2 rings (SSSR count). The van der Waals surface area contributed by atoms with Gasteiger partial charge in [0, 0.05) is 18.2 Å². The van der Waals surface area contributed by atoms with E-state index in [1.807, 2.05) is 12.1 Å². The van der Waals surface area contributed by atoms with Crippen LogP contribution in [0.3, 0.4) is 0 Å². The van der Waals surface area contributed by atoms with Crippen molar-refractivity contribution in [2.24, 2.45) is 5.73 Å². The van der Waals surface area contributed by atoms with Crippen LogP contribution >= 0.6 is 0 Å². The first-order chi connectivity index (χ1) is 5.31. The van der Waals surface area contributed by atoms with Gasteiger partial charge in [0.05, 0.1) is 12.8 Å². The molecule has 0 aromatic carbocycles. The third-order valence-electron chi connectivity index (χ3n) is 1.90. The summed E-state index contributed by atoms with van der Waals surface area (Å²) in [6.07, 6.45) is 5.34. The molecule has 11 heavy (non-hydrogen) atoms. The Hall–Kier alpha value is -0.930. The van der Waals surface area contributed by atoms with Gasteiger partial charge in [-0.2, -0.15) is 0 Å². The van der Waals surface area contributed by atoms with E-state index in [9.17, 15) is 0 Å². The molecule has 57 valence electrons. The average molecular weight is 149 g/mol. The van der Waals surface area contributed by atoms with Crippen LogP contribution in [0.4, 0.5) is 0 Å². The first-order valence-corrected chi connectivity index (χ1v) is 3.57. The van der Waals surface area contributed by atoms with E-state index in [1.165, 1.54) is 0 Å². The monoisotopic (exact) mass is 149 g/mol. The Labute approximate surface area is 65.2 Å². The minimum absolute atomic E-state index is 0.603. The predicted molar refractivity (Wildman–Crippen MR) is 39.5 cm³/mol. The SMILES string of the molecule is NC1(c2[c]nccc2)CCO1. The van der Waals surface area contributed by atoms with Crippen LogP contribution in [0.1, 0.15) is 12.0 Å². The molecule has 0 spiro atoms. The number of hydrogen-bond donors (Lipinski definition) is 1. The van der Waals surface area contributed by atoms with Crippen molar-refractivity contribution < 1.29 is 4.74 Å². The number of hydrogen-bond acceptors (Lipinski definition) is 3. The number of aromatic nitrogens is 1. The molecule has 1 unspecified atom stereocenters. The Morgan fingerprint density at radius 3 is 3.00 bits per heavy atom. The van der Waals surface area contributed by atoms with Crippen molar-refractivity contribution in [3.63, 3.8) is 0 Å². The summed E-state index contributed by atoms with van der Waals surface area (Å²) in [7, 11) is 0. The van der Waals surface area contributed by atoms with Crippen molar-refractivity contribution >= 4 is 0 Å². The minimum Gasteiger partial charge on any atom is -0.356 e. The largest absolute Gasteiger partial charge is 0.356 e. The van der Waals surface area contributed by atoms with Crippen LogP contribution in [0.15, 0.2) is 18.3 Å². The van der Waals surface area contributed by atoms with Gasteiger partial charge in [-0.1, -0.05) is 6.07 Å². The highest BCUT2D eigenvalue weighted by molar-refractivity contribution is 5.17. The molecular weight excluding hydrogens is 140 g/mol. The highest BCUT2D eigenvalue weighted by Crippen LogP contribution is 2.30. The van der Waals surface area contributed by atoms with E-state index in [1.54, 1.807) is 6.20 Å². The van der Waals surface area contributed by atoms with Crippen molar-refractivity contribution in [2.45, 2.75) is 12.1 Å². The van der Waals surface area contributed by atoms with Crippen LogP contribution in [0.5, 0.6) is 0 Å². The van der Waals surface area contributed by atoms with Crippen LogP contribution in [0.2, 0.25) is 0 Å². The van der Waals surface area contributed by atoms with Crippen molar-refractivity contribution in [3.05, 3.63) is 30.1 Å². The second kappa shape index (κ2) is 2.29. The standard InChI is InChI=1S/C8H9N2O/c9-8(3-5-11-8)7-2-1-4-10-6-7/h1-2,4H,3,5,9H2. The van der Waals surface area contributed by atoms with Crippen molar-refractivity contribution in [2.75, 3.05) is 6.61 Å². The predicted octanol–water partition coefficient (Wildman–Crippen LogP) is 0.414. The van der Waals surface area contributed by atoms with Crippen molar-refractivity contribution in [1.29, 1.82) is 0 Å². The third kappa shape index (κ3) is 1.02. The topological polar surface area (TPSA) is 48.1 Å². The summed E-state index contributed by atoms with van der Waals surface area (Å²) in [5, 5.41) is 0. The van der Waals surface area contributed by atoms with E-state index in [2.05, 4.69) is 11.2 Å². The van der Waals surface area contributed by atoms with Gasteiger partial charge in [0.1, 0.15) is 5.72 Å². The van der Waals surface area contributed by atoms with Gasteiger partial charge in [-0.15, -0.1) is 0 Å². The fourth-order valence-electron chi connectivity index (χ4n) is 1.10. The van der Waals surface area contributed by atoms with Crippen LogP contribution in [-0.2, 0) is 10.5 Å². The van der Waals surface area contributed by atoms with E-state index in [4.69, 9.17) is 10.5 Å². The molecule has 1 atom stereocenters. The summed E-state index contributed by atoms with van der Waals surface area (Å²) in [5.74, 6) is 0. The normalized spacial score (nSPS) is 29.5. The minimum atomic E-state index is -0.603. The second-order valence-corrected chi connectivity index (χ2v) is 2.65. The van der Waals surface area contributed by atoms with Gasteiger partial charge in [0.15, 0.2) is 0 Å². The molecule has 1 aromatic rings. The van der Waals surface area contributed by atoms with Gasteiger partial charge < -0.3 is 4.74 Å². The Kier molecular flexibility index (Phi) is 1.41. The zero-order valence-electron chi connectivity index (χ0n) is 6.08. The molecular formula is C8H9N2O. The van der Waals surface area contributed by atoms with Crippen LogP contribution in [0.25, 0.3) is 0 Å². The summed E-state index contributed by atoms with van der Waals surface area (Å²) >= 11 is 0. The van der Waals surface area contributed by atoms with Gasteiger partial charge in [0.25, 0.3) is 0 Å². The molecule has 1 aliphatic heterocycles. The molecule has 0 aliphatic carbocycles. The van der Waals surface area contributed by atoms with E-state index >= 15 is 0 Å². The molecule has 1 radical (unpaired) electrons. The molecule has 1 saturated heterocycles. The Bertz CT molecular complexity index is 244. The summed E-state index contributed by atoms with van der Waals surface area (Å²) < 4.78 is 5.21. The summed E-state index contributed by atoms with van der Waals surface area (Å²) in [6.45, 7) is 0.735. The quantitative estimate of drug-likeness (QED) is 0.629. The van der Waals surface area contributed by atoms with Gasteiger partial charge in [0.2, 0.25) is 0 Å². The summed E-state index contributed by atoms with van der Waals surface area (Å²) in [4.78, 5) is 3.85. The van der Waals surface area contributed by atoms with Crippen LogP contribution in [0, 0.1) is 6.20 Å². The Morgan fingerprint density at radius 1 is 1.73 bits per heavy atom. The number of ether oxygens (including phenoxy) is 1. The highest BCUT2D eigenvalue weighted by Gasteiger charge is 2.36. The molecule has 0 amide bonds. The lowest BCUT2D eigenvalue weighted by Crippen LogP contribution is -2.49. The van der Waals surface area contributed by atoms with Crippen molar-refractivity contribution in [1.82, 2.24) is 4.98 Å². The van der Waals surface area contributed by atoms with E-state index in [-0.39, 0.29) is 0 Å². The fourth-order valence-corrected chi connectivity index (χ4v) is 1.10. The fraction of sp³-hybridized carbons (Fsp3) is 0.375. The summed E-state index contributed by atoms with van der Waals surface area (Å²) in [5.41, 5.74) is 6.07. The van der Waals surface area contributed by atoms with Crippen LogP contribution < -0.4 is 5.73 Å². The van der Waals surface area contributed by atoms with Crippen LogP contribution in [-0.4, -0.2) is 11.6 Å². The molecule has 1 aromatic heterocycles. The van der Waals surface area contributed by atoms with Gasteiger partial charge in [-0.3, -0.25) is 10.7 Å². The lowest BCUT2D eigenvalue weighted by Gasteiger charge is -2.37. The Balaban J connectivity index is 2.29. The smallest absolute Gasteiger partial charge is 0.147 e. The third-order valence-corrected chi connectivity index (χ3v) is 1.90. The van der Waals surface area contributed by atoms with E-state index < -0.39 is 5.72 Å². The first kappa shape index (κ1) is 6.76. The molecule has 2 heterocycles. The molecule has 2 N–H and O–H groups in total. The molecule has 0 bridgehead atoms. The zero-order valence-corrected chi connectivity index (χ0v) is 6.08. The molecule has 1 fully saturated rings. The number of nitrogens with two attached hydrogens (primary N) is 1. The molecule has 0 saturated carbocycles. The van der Waals surface area contributed by atoms with E-state index in [0.717, 1.165) is 18.6 Å². The zero-order chi connectivity index (χ0) is 7.73. The molecule has 3 nitrogen and oxygen atoms in total. The lowest BCUT2D eigenvalue weighted by molar-refractivity contribution is -0.150. The second-order valence-electron chi connectivity index (χ2n) is 2.65. The average Bonchev–Trinajstić information content (AvgIpc) is 2.02. The Morgan fingerprint density at radius 2 is 2.55 bits per heavy atom. The number of rotatable bonds is 1. The highest BCUT2D eigenvalue weighted by atomic mass is 16.5. The number of pyridine rings is 1.